The van der Waals surface area contributed by atoms with Crippen LogP contribution in [0.4, 0.5) is 5.69 Å². The van der Waals surface area contributed by atoms with Gasteiger partial charge in [0.2, 0.25) is 0 Å². The Morgan fingerprint density at radius 2 is 2.00 bits per heavy atom. The number of rotatable bonds is 3. The lowest BCUT2D eigenvalue weighted by Gasteiger charge is -2.12. The zero-order chi connectivity index (χ0) is 14.2. The lowest BCUT2D eigenvalue weighted by molar-refractivity contribution is 0.414. The van der Waals surface area contributed by atoms with E-state index in [1.807, 2.05) is 45.2 Å². The van der Waals surface area contributed by atoms with Crippen LogP contribution < -0.4 is 16.0 Å². The molecule has 0 radical (unpaired) electrons. The number of aromatic nitrogens is 2. The topological polar surface area (TPSA) is 62.2 Å². The maximum Gasteiger partial charge on any atom is 0.294 e. The van der Waals surface area contributed by atoms with Crippen molar-refractivity contribution < 1.29 is 4.74 Å². The molecule has 0 aliphatic heterocycles. The summed E-state index contributed by atoms with van der Waals surface area (Å²) in [5.41, 5.74) is 7.62. The molecule has 0 bridgehead atoms. The Labute approximate surface area is 112 Å². The van der Waals surface area contributed by atoms with Crippen molar-refractivity contribution in [2.75, 3.05) is 12.8 Å². The van der Waals surface area contributed by atoms with E-state index < -0.39 is 0 Å². The normalized spacial score (nSPS) is 11.0. The van der Waals surface area contributed by atoms with Crippen molar-refractivity contribution in [3.05, 3.63) is 40.3 Å². The first kappa shape index (κ1) is 13.3. The molecule has 2 rings (SSSR count). The van der Waals surface area contributed by atoms with Crippen molar-refractivity contribution in [2.45, 2.75) is 19.8 Å². The van der Waals surface area contributed by atoms with Gasteiger partial charge >= 0.3 is 0 Å². The minimum absolute atomic E-state index is 0.185. The molecule has 2 N–H and O–H groups in total. The third-order valence-corrected chi connectivity index (χ3v) is 3.19. The second-order valence-electron chi connectivity index (χ2n) is 4.80. The number of ether oxygens (including phenoxy) is 1. The lowest BCUT2D eigenvalue weighted by Crippen LogP contribution is -2.20. The molecule has 1 aromatic carbocycles. The van der Waals surface area contributed by atoms with Crippen LogP contribution >= 0.6 is 0 Å². The molecule has 0 atom stereocenters. The molecule has 0 unspecified atom stereocenters. The van der Waals surface area contributed by atoms with Gasteiger partial charge in [-0.25, -0.2) is 4.68 Å². The van der Waals surface area contributed by atoms with E-state index in [1.54, 1.807) is 16.5 Å². The van der Waals surface area contributed by atoms with Crippen LogP contribution in [0, 0.1) is 0 Å². The molecule has 5 nitrogen and oxygen atoms in total. The highest BCUT2D eigenvalue weighted by Crippen LogP contribution is 2.22. The monoisotopic (exact) mass is 261 g/mol. The quantitative estimate of drug-likeness (QED) is 0.917. The van der Waals surface area contributed by atoms with Crippen LogP contribution in [0.5, 0.6) is 5.75 Å². The maximum atomic E-state index is 12.3. The van der Waals surface area contributed by atoms with Gasteiger partial charge in [0.1, 0.15) is 11.4 Å². The highest BCUT2D eigenvalue weighted by Gasteiger charge is 2.18. The number of hydrogen-bond acceptors (Lipinski definition) is 3. The third kappa shape index (κ3) is 2.12. The Kier molecular flexibility index (Phi) is 3.38. The fourth-order valence-corrected chi connectivity index (χ4v) is 2.36. The fraction of sp³-hybridized carbons (Fsp3) is 0.357. The number of methoxy groups -OCH3 is 1. The summed E-state index contributed by atoms with van der Waals surface area (Å²) in [7, 11) is 3.44. The summed E-state index contributed by atoms with van der Waals surface area (Å²) in [6.45, 7) is 4.03. The first-order valence-corrected chi connectivity index (χ1v) is 6.19. The van der Waals surface area contributed by atoms with Gasteiger partial charge in [-0.1, -0.05) is 19.9 Å². The molecule has 0 aliphatic carbocycles. The summed E-state index contributed by atoms with van der Waals surface area (Å²) in [5.74, 6) is 0.889. The van der Waals surface area contributed by atoms with Gasteiger partial charge in [0.15, 0.2) is 0 Å². The van der Waals surface area contributed by atoms with Crippen molar-refractivity contribution in [1.82, 2.24) is 9.36 Å². The number of anilines is 1. The molecule has 1 aromatic heterocycles. The maximum absolute atomic E-state index is 12.3. The molecule has 0 amide bonds. The van der Waals surface area contributed by atoms with Crippen LogP contribution in [0.25, 0.3) is 5.69 Å². The summed E-state index contributed by atoms with van der Waals surface area (Å²) >= 11 is 0. The summed E-state index contributed by atoms with van der Waals surface area (Å²) < 4.78 is 8.55. The van der Waals surface area contributed by atoms with Gasteiger partial charge in [0.25, 0.3) is 5.56 Å². The van der Waals surface area contributed by atoms with E-state index in [0.29, 0.717) is 11.4 Å². The molecule has 0 aliphatic rings. The molecule has 1 heterocycles. The SMILES string of the molecule is COc1cccc(-n2c(=O)c(N)c(C(C)C)n2C)c1. The van der Waals surface area contributed by atoms with Crippen LogP contribution in [0.2, 0.25) is 0 Å². The number of hydrogen-bond donors (Lipinski definition) is 1. The first-order valence-electron chi connectivity index (χ1n) is 6.19. The molecule has 5 heteroatoms. The van der Waals surface area contributed by atoms with Crippen molar-refractivity contribution in [1.29, 1.82) is 0 Å². The van der Waals surface area contributed by atoms with Crippen LogP contribution in [0.3, 0.4) is 0 Å². The predicted molar refractivity (Wildman–Crippen MR) is 76.1 cm³/mol. The van der Waals surface area contributed by atoms with E-state index in [4.69, 9.17) is 10.5 Å². The van der Waals surface area contributed by atoms with Crippen LogP contribution in [-0.2, 0) is 7.05 Å². The fourth-order valence-electron chi connectivity index (χ4n) is 2.36. The highest BCUT2D eigenvalue weighted by atomic mass is 16.5. The molecule has 102 valence electrons. The van der Waals surface area contributed by atoms with Gasteiger partial charge < -0.3 is 10.5 Å². The van der Waals surface area contributed by atoms with E-state index in [1.165, 1.54) is 0 Å². The van der Waals surface area contributed by atoms with Gasteiger partial charge in [0, 0.05) is 13.1 Å². The van der Waals surface area contributed by atoms with Crippen LogP contribution in [-0.4, -0.2) is 16.5 Å². The number of nitrogen functional groups attached to an aromatic ring is 1. The van der Waals surface area contributed by atoms with E-state index in [0.717, 1.165) is 11.4 Å². The van der Waals surface area contributed by atoms with E-state index >= 15 is 0 Å². The average molecular weight is 261 g/mol. The lowest BCUT2D eigenvalue weighted by atomic mass is 10.1. The van der Waals surface area contributed by atoms with Gasteiger partial charge in [-0.3, -0.25) is 9.48 Å². The summed E-state index contributed by atoms with van der Waals surface area (Å²) in [6, 6.07) is 7.35. The Bertz CT molecular complexity index is 653. The molecule has 0 fully saturated rings. The average Bonchev–Trinajstić information content (AvgIpc) is 2.60. The van der Waals surface area contributed by atoms with Gasteiger partial charge in [0.05, 0.1) is 18.5 Å². The zero-order valence-corrected chi connectivity index (χ0v) is 11.7. The van der Waals surface area contributed by atoms with E-state index in [2.05, 4.69) is 0 Å². The second-order valence-corrected chi connectivity index (χ2v) is 4.80. The predicted octanol–water partition coefficient (Wildman–Crippen LogP) is 1.89. The number of benzene rings is 1. The highest BCUT2D eigenvalue weighted by molar-refractivity contribution is 5.48. The first-order chi connectivity index (χ1) is 8.97. The van der Waals surface area contributed by atoms with E-state index in [-0.39, 0.29) is 11.5 Å². The van der Waals surface area contributed by atoms with Crippen molar-refractivity contribution in [2.24, 2.45) is 7.05 Å². The zero-order valence-electron chi connectivity index (χ0n) is 11.7. The van der Waals surface area contributed by atoms with Gasteiger partial charge in [-0.05, 0) is 18.1 Å². The Hall–Kier alpha value is -2.17. The molecule has 0 saturated heterocycles. The van der Waals surface area contributed by atoms with Gasteiger partial charge in [-0.2, -0.15) is 0 Å². The molecular weight excluding hydrogens is 242 g/mol. The van der Waals surface area contributed by atoms with Crippen molar-refractivity contribution in [3.63, 3.8) is 0 Å². The third-order valence-electron chi connectivity index (χ3n) is 3.19. The molecular formula is C14H19N3O2. The molecule has 2 aromatic rings. The Balaban J connectivity index is 2.69. The second kappa shape index (κ2) is 4.84. The minimum Gasteiger partial charge on any atom is -0.497 e. The van der Waals surface area contributed by atoms with Crippen molar-refractivity contribution in [3.8, 4) is 11.4 Å². The molecule has 19 heavy (non-hydrogen) atoms. The molecule has 0 spiro atoms. The molecule has 0 saturated carbocycles. The van der Waals surface area contributed by atoms with E-state index in [9.17, 15) is 4.79 Å². The van der Waals surface area contributed by atoms with Crippen LogP contribution in [0.15, 0.2) is 29.1 Å². The smallest absolute Gasteiger partial charge is 0.294 e. The standard InChI is InChI=1S/C14H19N3O2/c1-9(2)13-12(15)14(18)17(16(13)3)10-6-5-7-11(8-10)19-4/h5-9H,15H2,1-4H3. The van der Waals surface area contributed by atoms with Crippen LogP contribution in [0.1, 0.15) is 25.5 Å². The number of nitrogens with zero attached hydrogens (tertiary/aromatic N) is 2. The summed E-state index contributed by atoms with van der Waals surface area (Å²) in [5, 5.41) is 0. The Morgan fingerprint density at radius 3 is 2.53 bits per heavy atom. The Morgan fingerprint density at radius 1 is 1.32 bits per heavy atom. The summed E-state index contributed by atoms with van der Waals surface area (Å²) in [4.78, 5) is 12.3. The summed E-state index contributed by atoms with van der Waals surface area (Å²) in [6.07, 6.45) is 0. The largest absolute Gasteiger partial charge is 0.497 e. The van der Waals surface area contributed by atoms with Crippen molar-refractivity contribution >= 4 is 5.69 Å². The minimum atomic E-state index is -0.195. The number of nitrogens with two attached hydrogens (primary N) is 1. The van der Waals surface area contributed by atoms with Gasteiger partial charge in [-0.15, -0.1) is 0 Å².